The van der Waals surface area contributed by atoms with Gasteiger partial charge in [-0.3, -0.25) is 0 Å². The number of hydrogen-bond acceptors (Lipinski definition) is 1. The van der Waals surface area contributed by atoms with Crippen LogP contribution in [0.2, 0.25) is 0 Å². The van der Waals surface area contributed by atoms with Gasteiger partial charge in [-0.15, -0.1) is 0 Å². The van der Waals surface area contributed by atoms with Crippen molar-refractivity contribution in [3.8, 4) is 0 Å². The molecule has 0 bridgehead atoms. The first-order valence-corrected chi connectivity index (χ1v) is 16.9. The minimum absolute atomic E-state index is 0.0934. The minimum atomic E-state index is -0.475. The van der Waals surface area contributed by atoms with E-state index >= 15 is 0 Å². The molecule has 1 aliphatic rings. The molecule has 46 heavy (non-hydrogen) atoms. The molecule has 1 aliphatic heterocycles. The van der Waals surface area contributed by atoms with Crippen molar-refractivity contribution in [1.82, 2.24) is 0 Å². The largest absolute Gasteiger partial charge is 0.248 e. The van der Waals surface area contributed by atoms with Gasteiger partial charge in [-0.25, -0.2) is 0 Å². The summed E-state index contributed by atoms with van der Waals surface area (Å²) in [5.41, 5.74) is 9.26. The van der Waals surface area contributed by atoms with Gasteiger partial charge in [-0.05, 0) is 55.8 Å². The number of hydrogen-bond donors (Lipinski definition) is 0. The fourth-order valence-electron chi connectivity index (χ4n) is 7.62. The van der Waals surface area contributed by atoms with E-state index in [4.69, 9.17) is 0 Å². The van der Waals surface area contributed by atoms with Crippen molar-refractivity contribution in [1.29, 1.82) is 0 Å². The SMILES string of the molecule is c1ccc(C2=C(c3ccccc3)C(c3ccccc3)(c3ccccc3)B(Sc3cccc4ccccc34)[C@@H]2c2ccccc2)cc1. The third-order valence-corrected chi connectivity index (χ3v) is 11.0. The quantitative estimate of drug-likeness (QED) is 0.163. The zero-order valence-electron chi connectivity index (χ0n) is 25.5. The van der Waals surface area contributed by atoms with Crippen LogP contribution in [0.5, 0.6) is 0 Å². The van der Waals surface area contributed by atoms with Crippen LogP contribution < -0.4 is 0 Å². The van der Waals surface area contributed by atoms with Crippen LogP contribution in [0.4, 0.5) is 0 Å². The van der Waals surface area contributed by atoms with Gasteiger partial charge in [0, 0.05) is 16.0 Å². The molecule has 7 aromatic carbocycles. The van der Waals surface area contributed by atoms with Crippen LogP contribution in [0.3, 0.4) is 0 Å². The molecule has 0 aromatic heterocycles. The molecule has 0 amide bonds. The van der Waals surface area contributed by atoms with Gasteiger partial charge >= 0.3 is 0 Å². The van der Waals surface area contributed by atoms with Gasteiger partial charge in [0.15, 0.2) is 0 Å². The zero-order valence-corrected chi connectivity index (χ0v) is 26.4. The van der Waals surface area contributed by atoms with E-state index in [2.05, 4.69) is 194 Å². The molecule has 0 fully saturated rings. The van der Waals surface area contributed by atoms with Gasteiger partial charge in [-0.1, -0.05) is 188 Å². The summed E-state index contributed by atoms with van der Waals surface area (Å²) >= 11 is 2.04. The standard InChI is InChI=1S/C44H33BS/c1-6-20-34(21-7-1)41-42(35-22-8-2-9-23-35)44(37-27-12-4-13-28-37,38-29-14-5-15-30-38)45(43(41)36-24-10-3-11-25-36)46-40-32-18-26-33-19-16-17-31-39(33)40/h1-32,43H/t43-/m1/s1. The summed E-state index contributed by atoms with van der Waals surface area (Å²) in [6.07, 6.45) is 0. The minimum Gasteiger partial charge on any atom is -0.173 e. The molecule has 218 valence electrons. The molecule has 1 atom stereocenters. The highest BCUT2D eigenvalue weighted by Gasteiger charge is 2.59. The molecular formula is C44H33BS. The molecule has 1 heterocycles. The molecule has 0 saturated heterocycles. The summed E-state index contributed by atoms with van der Waals surface area (Å²) in [7, 11) is 0. The molecule has 8 rings (SSSR count). The Morgan fingerprint density at radius 1 is 0.435 bits per heavy atom. The lowest BCUT2D eigenvalue weighted by molar-refractivity contribution is 0.929. The van der Waals surface area contributed by atoms with Gasteiger partial charge in [0.25, 0.3) is 0 Å². The number of rotatable bonds is 7. The lowest BCUT2D eigenvalue weighted by Gasteiger charge is -2.40. The Kier molecular flexibility index (Phi) is 7.66. The second-order valence-electron chi connectivity index (χ2n) is 12.0. The van der Waals surface area contributed by atoms with E-state index in [0.29, 0.717) is 0 Å². The number of fused-ring (bicyclic) bond motifs is 1. The molecule has 0 N–H and O–H groups in total. The molecule has 2 heteroatoms. The lowest BCUT2D eigenvalue weighted by Crippen LogP contribution is -2.43. The van der Waals surface area contributed by atoms with E-state index in [0.717, 1.165) is 0 Å². The summed E-state index contributed by atoms with van der Waals surface area (Å²) in [4.78, 5) is 1.31. The molecular weight excluding hydrogens is 571 g/mol. The third kappa shape index (κ3) is 4.82. The van der Waals surface area contributed by atoms with Crippen molar-refractivity contribution in [2.75, 3.05) is 0 Å². The predicted octanol–water partition coefficient (Wildman–Crippen LogP) is 11.4. The van der Waals surface area contributed by atoms with Crippen molar-refractivity contribution in [3.63, 3.8) is 0 Å². The Bertz CT molecular complexity index is 2060. The molecule has 0 spiro atoms. The maximum Gasteiger partial charge on any atom is 0.248 e. The second kappa shape index (κ2) is 12.4. The van der Waals surface area contributed by atoms with E-state index in [1.165, 1.54) is 54.6 Å². The van der Waals surface area contributed by atoms with Crippen molar-refractivity contribution in [3.05, 3.63) is 222 Å². The fourth-order valence-corrected chi connectivity index (χ4v) is 9.36. The summed E-state index contributed by atoms with van der Waals surface area (Å²) < 4.78 is 0. The van der Waals surface area contributed by atoms with Crippen molar-refractivity contribution < 1.29 is 0 Å². The van der Waals surface area contributed by atoms with Crippen LogP contribution in [-0.4, -0.2) is 5.99 Å². The highest BCUT2D eigenvalue weighted by Crippen LogP contribution is 2.64. The van der Waals surface area contributed by atoms with Crippen LogP contribution in [0.25, 0.3) is 21.9 Å². The van der Waals surface area contributed by atoms with Gasteiger partial charge < -0.3 is 0 Å². The Morgan fingerprint density at radius 2 is 0.913 bits per heavy atom. The molecule has 0 nitrogen and oxygen atoms in total. The average Bonchev–Trinajstić information content (AvgIpc) is 3.45. The van der Waals surface area contributed by atoms with Crippen molar-refractivity contribution >= 4 is 39.5 Å². The Balaban J connectivity index is 1.55. The molecule has 0 aliphatic carbocycles. The molecule has 0 radical (unpaired) electrons. The topological polar surface area (TPSA) is 0 Å². The maximum atomic E-state index is 2.35. The summed E-state index contributed by atoms with van der Waals surface area (Å²) in [6.45, 7) is 0. The van der Waals surface area contributed by atoms with E-state index in [1.54, 1.807) is 0 Å². The number of allylic oxidation sites excluding steroid dienone is 2. The van der Waals surface area contributed by atoms with E-state index in [-0.39, 0.29) is 11.8 Å². The van der Waals surface area contributed by atoms with Gasteiger partial charge in [0.2, 0.25) is 5.99 Å². The summed E-state index contributed by atoms with van der Waals surface area (Å²) in [5, 5.41) is 2.09. The van der Waals surface area contributed by atoms with Gasteiger partial charge in [-0.2, -0.15) is 11.6 Å². The van der Waals surface area contributed by atoms with Crippen LogP contribution in [0.15, 0.2) is 199 Å². The average molecular weight is 605 g/mol. The first kappa shape index (κ1) is 28.4. The molecule has 7 aromatic rings. The van der Waals surface area contributed by atoms with Gasteiger partial charge in [0.05, 0.1) is 0 Å². The van der Waals surface area contributed by atoms with E-state index < -0.39 is 5.31 Å². The fraction of sp³-hybridized carbons (Fsp3) is 0.0455. The van der Waals surface area contributed by atoms with E-state index in [9.17, 15) is 0 Å². The lowest BCUT2D eigenvalue weighted by atomic mass is 9.40. The first-order chi connectivity index (χ1) is 22.9. The monoisotopic (exact) mass is 604 g/mol. The zero-order chi connectivity index (χ0) is 30.8. The highest BCUT2D eigenvalue weighted by atomic mass is 32.2. The van der Waals surface area contributed by atoms with Crippen LogP contribution >= 0.6 is 11.6 Å². The number of benzene rings is 7. The third-order valence-electron chi connectivity index (χ3n) is 9.47. The smallest absolute Gasteiger partial charge is 0.173 e. The normalized spacial score (nSPS) is 15.7. The Hall–Kier alpha value is -5.05. The van der Waals surface area contributed by atoms with Crippen LogP contribution in [0.1, 0.15) is 33.6 Å². The summed E-state index contributed by atoms with van der Waals surface area (Å²) in [5.74, 6) is 0.194. The van der Waals surface area contributed by atoms with Crippen LogP contribution in [-0.2, 0) is 5.31 Å². The molecule has 0 saturated carbocycles. The van der Waals surface area contributed by atoms with Crippen LogP contribution in [0, 0.1) is 0 Å². The first-order valence-electron chi connectivity index (χ1n) is 16.0. The second-order valence-corrected chi connectivity index (χ2v) is 13.1. The van der Waals surface area contributed by atoms with Crippen molar-refractivity contribution in [2.45, 2.75) is 16.0 Å². The Labute approximate surface area is 276 Å². The predicted molar refractivity (Wildman–Crippen MR) is 198 cm³/mol. The Morgan fingerprint density at radius 3 is 1.52 bits per heavy atom. The highest BCUT2D eigenvalue weighted by molar-refractivity contribution is 8.26. The van der Waals surface area contributed by atoms with E-state index in [1.807, 2.05) is 11.6 Å². The molecule has 0 unspecified atom stereocenters. The van der Waals surface area contributed by atoms with Gasteiger partial charge in [0.1, 0.15) is 0 Å². The maximum absolute atomic E-state index is 2.35. The summed E-state index contributed by atoms with van der Waals surface area (Å²) in [6, 6.07) is 71.5. The van der Waals surface area contributed by atoms with Crippen molar-refractivity contribution in [2.24, 2.45) is 0 Å².